The first-order chi connectivity index (χ1) is 12.7. The zero-order chi connectivity index (χ0) is 18.4. The lowest BCUT2D eigenvalue weighted by atomic mass is 9.98. The number of rotatable bonds is 6. The van der Waals surface area contributed by atoms with Crippen molar-refractivity contribution in [3.8, 4) is 0 Å². The fourth-order valence-electron chi connectivity index (χ4n) is 3.43. The first-order valence-electron chi connectivity index (χ1n) is 9.19. The van der Waals surface area contributed by atoms with Gasteiger partial charge in [-0.1, -0.05) is 31.2 Å². The molecule has 26 heavy (non-hydrogen) atoms. The van der Waals surface area contributed by atoms with Gasteiger partial charge in [0.15, 0.2) is 11.8 Å². The van der Waals surface area contributed by atoms with Crippen molar-refractivity contribution >= 4 is 11.8 Å². The number of hydrogen-bond acceptors (Lipinski definition) is 3. The zero-order valence-electron chi connectivity index (χ0n) is 15.1. The van der Waals surface area contributed by atoms with E-state index < -0.39 is 11.8 Å². The Hall–Kier alpha value is -2.60. The molecule has 0 fully saturated rings. The van der Waals surface area contributed by atoms with Crippen LogP contribution in [0.15, 0.2) is 47.1 Å². The third-order valence-electron chi connectivity index (χ3n) is 4.84. The predicted octanol–water partition coefficient (Wildman–Crippen LogP) is 0.604. The van der Waals surface area contributed by atoms with Crippen molar-refractivity contribution in [3.63, 3.8) is 0 Å². The highest BCUT2D eigenvalue weighted by Crippen LogP contribution is 2.15. The average Bonchev–Trinajstić information content (AvgIpc) is 3.20. The molecule has 6 nitrogen and oxygen atoms in total. The molecule has 1 aliphatic heterocycles. The van der Waals surface area contributed by atoms with E-state index in [1.54, 1.807) is 6.26 Å². The molecule has 0 radical (unpaired) electrons. The molecule has 0 saturated heterocycles. The van der Waals surface area contributed by atoms with Crippen LogP contribution in [0.5, 0.6) is 0 Å². The summed E-state index contributed by atoms with van der Waals surface area (Å²) in [5.41, 5.74) is 2.72. The van der Waals surface area contributed by atoms with Gasteiger partial charge in [-0.15, -0.1) is 0 Å². The van der Waals surface area contributed by atoms with Crippen LogP contribution in [-0.4, -0.2) is 31.4 Å². The van der Waals surface area contributed by atoms with Crippen LogP contribution < -0.4 is 15.5 Å². The second-order valence-corrected chi connectivity index (χ2v) is 6.64. The molecular weight excluding hydrogens is 330 g/mol. The number of carbonyl (C=O) groups excluding carboxylic acids is 2. The van der Waals surface area contributed by atoms with E-state index in [2.05, 4.69) is 34.9 Å². The Morgan fingerprint density at radius 2 is 1.88 bits per heavy atom. The number of nitrogens with one attached hydrogen (secondary N) is 3. The van der Waals surface area contributed by atoms with Gasteiger partial charge in [-0.3, -0.25) is 9.59 Å². The van der Waals surface area contributed by atoms with Crippen molar-refractivity contribution in [2.75, 3.05) is 19.6 Å². The molecule has 2 aromatic rings. The van der Waals surface area contributed by atoms with Gasteiger partial charge in [0.05, 0.1) is 19.4 Å². The Bertz CT molecular complexity index is 743. The smallest absolute Gasteiger partial charge is 0.309 e. The molecule has 138 valence electrons. The van der Waals surface area contributed by atoms with E-state index >= 15 is 0 Å². The molecule has 0 saturated carbocycles. The van der Waals surface area contributed by atoms with Crippen molar-refractivity contribution in [2.24, 2.45) is 0 Å². The lowest BCUT2D eigenvalue weighted by molar-refractivity contribution is -0.946. The highest BCUT2D eigenvalue weighted by molar-refractivity contribution is 6.35. The SMILES string of the molecule is CCCNC(=O)C(=O)NC[C@H](c1ccco1)[NH+]1CCc2ccccc2C1. The van der Waals surface area contributed by atoms with Crippen LogP contribution in [0, 0.1) is 0 Å². The number of fused-ring (bicyclic) bond motifs is 1. The molecule has 0 bridgehead atoms. The average molecular weight is 356 g/mol. The predicted molar refractivity (Wildman–Crippen MR) is 97.4 cm³/mol. The summed E-state index contributed by atoms with van der Waals surface area (Å²) in [6, 6.07) is 12.2. The Labute approximate surface area is 153 Å². The molecule has 1 unspecified atom stereocenters. The standard InChI is InChI=1S/C20H25N3O3/c1-2-10-21-19(24)20(25)22-13-17(18-8-5-12-26-18)23-11-9-15-6-3-4-7-16(15)14-23/h3-8,12,17H,2,9-11,13-14H2,1H3,(H,21,24)(H,22,25)/p+1/t17-/m1/s1. The summed E-state index contributed by atoms with van der Waals surface area (Å²) in [7, 11) is 0. The Kier molecular flexibility index (Phi) is 6.07. The quantitative estimate of drug-likeness (QED) is 0.664. The van der Waals surface area contributed by atoms with Crippen LogP contribution in [0.4, 0.5) is 0 Å². The molecule has 2 atom stereocenters. The molecule has 2 amide bonds. The van der Waals surface area contributed by atoms with Crippen LogP contribution in [0.3, 0.4) is 0 Å². The number of furan rings is 1. The largest absolute Gasteiger partial charge is 0.463 e. The van der Waals surface area contributed by atoms with Gasteiger partial charge in [-0.2, -0.15) is 0 Å². The maximum atomic E-state index is 12.0. The molecule has 1 aliphatic rings. The monoisotopic (exact) mass is 356 g/mol. The molecular formula is C20H26N3O3+. The molecule has 1 aromatic heterocycles. The highest BCUT2D eigenvalue weighted by Gasteiger charge is 2.31. The van der Waals surface area contributed by atoms with Crippen LogP contribution >= 0.6 is 0 Å². The molecule has 0 spiro atoms. The van der Waals surface area contributed by atoms with Crippen molar-refractivity contribution in [2.45, 2.75) is 32.4 Å². The summed E-state index contributed by atoms with van der Waals surface area (Å²) in [4.78, 5) is 25.2. The number of benzene rings is 1. The first kappa shape index (κ1) is 18.2. The molecule has 6 heteroatoms. The third-order valence-corrected chi connectivity index (χ3v) is 4.84. The van der Waals surface area contributed by atoms with E-state index in [-0.39, 0.29) is 6.04 Å². The van der Waals surface area contributed by atoms with Crippen molar-refractivity contribution < 1.29 is 18.9 Å². The topological polar surface area (TPSA) is 75.8 Å². The van der Waals surface area contributed by atoms with E-state index in [1.807, 2.05) is 19.1 Å². The number of quaternary nitrogens is 1. The molecule has 1 aromatic carbocycles. The second kappa shape index (κ2) is 8.67. The van der Waals surface area contributed by atoms with Gasteiger partial charge in [0.25, 0.3) is 0 Å². The highest BCUT2D eigenvalue weighted by atomic mass is 16.3. The van der Waals surface area contributed by atoms with Gasteiger partial charge in [-0.05, 0) is 24.1 Å². The Morgan fingerprint density at radius 3 is 2.62 bits per heavy atom. The Balaban J connectivity index is 1.67. The molecule has 3 rings (SSSR count). The molecule has 0 aliphatic carbocycles. The van der Waals surface area contributed by atoms with Gasteiger partial charge in [0.1, 0.15) is 6.54 Å². The van der Waals surface area contributed by atoms with Crippen LogP contribution in [0.25, 0.3) is 0 Å². The van der Waals surface area contributed by atoms with Gasteiger partial charge < -0.3 is 20.0 Å². The van der Waals surface area contributed by atoms with Crippen molar-refractivity contribution in [3.05, 3.63) is 59.5 Å². The van der Waals surface area contributed by atoms with Crippen LogP contribution in [0.1, 0.15) is 36.3 Å². The van der Waals surface area contributed by atoms with E-state index in [0.29, 0.717) is 13.1 Å². The van der Waals surface area contributed by atoms with E-state index in [9.17, 15) is 9.59 Å². The van der Waals surface area contributed by atoms with E-state index in [0.717, 1.165) is 31.7 Å². The number of amides is 2. The first-order valence-corrected chi connectivity index (χ1v) is 9.19. The summed E-state index contributed by atoms with van der Waals surface area (Å²) >= 11 is 0. The van der Waals surface area contributed by atoms with Crippen LogP contribution in [-0.2, 0) is 22.6 Å². The van der Waals surface area contributed by atoms with Gasteiger partial charge in [-0.25, -0.2) is 0 Å². The number of carbonyl (C=O) groups is 2. The summed E-state index contributed by atoms with van der Waals surface area (Å²) in [6.07, 6.45) is 3.44. The van der Waals surface area contributed by atoms with Gasteiger partial charge in [0, 0.05) is 18.5 Å². The summed E-state index contributed by atoms with van der Waals surface area (Å²) in [5.74, 6) is -0.343. The summed E-state index contributed by atoms with van der Waals surface area (Å²) in [5, 5.41) is 5.37. The van der Waals surface area contributed by atoms with Crippen LogP contribution in [0.2, 0.25) is 0 Å². The van der Waals surface area contributed by atoms with E-state index in [4.69, 9.17) is 4.42 Å². The minimum Gasteiger partial charge on any atom is -0.463 e. The lowest BCUT2D eigenvalue weighted by Crippen LogP contribution is -3.12. The van der Waals surface area contributed by atoms with Gasteiger partial charge >= 0.3 is 11.8 Å². The molecule has 3 N–H and O–H groups in total. The van der Waals surface area contributed by atoms with Crippen molar-refractivity contribution in [1.82, 2.24) is 10.6 Å². The van der Waals surface area contributed by atoms with Crippen molar-refractivity contribution in [1.29, 1.82) is 0 Å². The molecule has 2 heterocycles. The minimum absolute atomic E-state index is 0.0266. The summed E-state index contributed by atoms with van der Waals surface area (Å²) in [6.45, 7) is 4.65. The summed E-state index contributed by atoms with van der Waals surface area (Å²) < 4.78 is 5.62. The maximum Gasteiger partial charge on any atom is 0.309 e. The maximum absolute atomic E-state index is 12.0. The third kappa shape index (κ3) is 4.32. The minimum atomic E-state index is -0.591. The van der Waals surface area contributed by atoms with Gasteiger partial charge in [0.2, 0.25) is 0 Å². The fraction of sp³-hybridized carbons (Fsp3) is 0.400. The van der Waals surface area contributed by atoms with E-state index in [1.165, 1.54) is 16.0 Å². The fourth-order valence-corrected chi connectivity index (χ4v) is 3.43. The Morgan fingerprint density at radius 1 is 1.12 bits per heavy atom. The zero-order valence-corrected chi connectivity index (χ0v) is 15.1. The normalized spacial score (nSPS) is 17.2. The second-order valence-electron chi connectivity index (χ2n) is 6.64. The lowest BCUT2D eigenvalue weighted by Gasteiger charge is -2.31. The number of hydrogen-bond donors (Lipinski definition) is 3.